The van der Waals surface area contributed by atoms with Crippen molar-refractivity contribution in [2.45, 2.75) is 6.92 Å². The Balaban J connectivity index is 1.55. The number of rotatable bonds is 8. The number of nitrogens with zero attached hydrogens (tertiary/aromatic N) is 4. The summed E-state index contributed by atoms with van der Waals surface area (Å²) in [5, 5.41) is 17.5. The number of anilines is 3. The van der Waals surface area contributed by atoms with E-state index in [0.29, 0.717) is 34.0 Å². The van der Waals surface area contributed by atoms with Crippen LogP contribution >= 0.6 is 0 Å². The van der Waals surface area contributed by atoms with Crippen LogP contribution in [0.3, 0.4) is 0 Å². The Labute approximate surface area is 229 Å². The first-order chi connectivity index (χ1) is 18.8. The molecule has 1 aromatic heterocycles. The third-order valence-electron chi connectivity index (χ3n) is 5.47. The number of H-pyrrole nitrogens is 1. The number of aryl methyl sites for hydroxylation is 1. The summed E-state index contributed by atoms with van der Waals surface area (Å²) in [4.78, 5) is 26.0. The highest BCUT2D eigenvalue weighted by atomic mass is 32.2. The predicted molar refractivity (Wildman–Crippen MR) is 152 cm³/mol. The van der Waals surface area contributed by atoms with Gasteiger partial charge < -0.3 is 0 Å². The molecular weight excluding hydrogens is 558 g/mol. The van der Waals surface area contributed by atoms with Crippen molar-refractivity contribution in [2.24, 2.45) is 5.10 Å². The molecule has 13 nitrogen and oxygen atoms in total. The van der Waals surface area contributed by atoms with Gasteiger partial charge in [0.15, 0.2) is 5.71 Å². The maximum Gasteiger partial charge on any atom is 0.281 e. The molecular formula is C25H23N7O6S2. The van der Waals surface area contributed by atoms with Crippen LogP contribution in [-0.2, 0) is 24.8 Å². The summed E-state index contributed by atoms with van der Waals surface area (Å²) in [6.07, 6.45) is 6.39. The summed E-state index contributed by atoms with van der Waals surface area (Å²) in [5.41, 5.74) is 1.80. The summed E-state index contributed by atoms with van der Waals surface area (Å²) >= 11 is 0. The van der Waals surface area contributed by atoms with Crippen molar-refractivity contribution in [3.05, 3.63) is 87.9 Å². The van der Waals surface area contributed by atoms with Crippen LogP contribution in [0.4, 0.5) is 17.1 Å². The van der Waals surface area contributed by atoms with E-state index in [2.05, 4.69) is 19.6 Å². The second-order valence-corrected chi connectivity index (χ2v) is 12.2. The third kappa shape index (κ3) is 6.37. The molecule has 0 spiro atoms. The topological polar surface area (TPSA) is 187 Å². The summed E-state index contributed by atoms with van der Waals surface area (Å²) < 4.78 is 51.6. The number of sulfonamides is 2. The molecule has 2 aromatic carbocycles. The summed E-state index contributed by atoms with van der Waals surface area (Å²) in [6.45, 7) is 1.69. The number of nitriles is 1. The number of carbonyl (C=O) groups excluding carboxylic acids is 1. The second-order valence-electron chi connectivity index (χ2n) is 8.75. The predicted octanol–water partition coefficient (Wildman–Crippen LogP) is 2.08. The van der Waals surface area contributed by atoms with Gasteiger partial charge in [-0.2, -0.15) is 15.4 Å². The summed E-state index contributed by atoms with van der Waals surface area (Å²) in [5.74, 6) is -0.573. The lowest BCUT2D eigenvalue weighted by Crippen LogP contribution is -2.21. The van der Waals surface area contributed by atoms with E-state index < -0.39 is 26.0 Å². The van der Waals surface area contributed by atoms with E-state index >= 15 is 0 Å². The first kappa shape index (κ1) is 28.1. The van der Waals surface area contributed by atoms with Gasteiger partial charge >= 0.3 is 0 Å². The van der Waals surface area contributed by atoms with E-state index in [9.17, 15) is 31.7 Å². The Morgan fingerprint density at radius 2 is 1.43 bits per heavy atom. The van der Waals surface area contributed by atoms with Gasteiger partial charge in [-0.15, -0.1) is 0 Å². The molecule has 0 unspecified atom stereocenters. The first-order valence-electron chi connectivity index (χ1n) is 11.5. The molecule has 0 atom stereocenters. The molecule has 3 aromatic rings. The Kier molecular flexibility index (Phi) is 7.49. The third-order valence-corrected chi connectivity index (χ3v) is 6.68. The van der Waals surface area contributed by atoms with E-state index in [4.69, 9.17) is 0 Å². The van der Waals surface area contributed by atoms with Crippen LogP contribution < -0.4 is 20.0 Å². The fraction of sp³-hybridized carbons (Fsp3) is 0.120. The van der Waals surface area contributed by atoms with Crippen LogP contribution in [0.1, 0.15) is 11.3 Å². The molecule has 40 heavy (non-hydrogen) atoms. The van der Waals surface area contributed by atoms with Crippen molar-refractivity contribution in [2.75, 3.05) is 27.0 Å². The number of carbonyl (C=O) groups is 1. The van der Waals surface area contributed by atoms with E-state index in [1.54, 1.807) is 19.1 Å². The molecule has 206 valence electrons. The van der Waals surface area contributed by atoms with Crippen molar-refractivity contribution in [1.82, 2.24) is 9.78 Å². The molecule has 3 N–H and O–H groups in total. The zero-order valence-corrected chi connectivity index (χ0v) is 23.0. The second kappa shape index (κ2) is 10.7. The highest BCUT2D eigenvalue weighted by Gasteiger charge is 2.31. The number of benzene rings is 2. The number of aromatic nitrogens is 2. The van der Waals surface area contributed by atoms with Gasteiger partial charge in [0, 0.05) is 17.1 Å². The molecule has 0 saturated carbocycles. The minimum atomic E-state index is -3.47. The van der Waals surface area contributed by atoms with Crippen molar-refractivity contribution in [1.29, 1.82) is 5.26 Å². The van der Waals surface area contributed by atoms with Gasteiger partial charge in [-0.3, -0.25) is 24.1 Å². The number of hydrogen-bond acceptors (Lipinski definition) is 8. The van der Waals surface area contributed by atoms with Crippen molar-refractivity contribution in [3.8, 4) is 11.8 Å². The van der Waals surface area contributed by atoms with E-state index in [1.807, 2.05) is 6.07 Å². The molecule has 2 heterocycles. The lowest BCUT2D eigenvalue weighted by molar-refractivity contribution is -0.114. The van der Waals surface area contributed by atoms with Crippen LogP contribution in [-0.4, -0.2) is 50.7 Å². The van der Waals surface area contributed by atoms with Crippen molar-refractivity contribution < 1.29 is 21.6 Å². The molecule has 0 saturated heterocycles. The van der Waals surface area contributed by atoms with E-state index in [-0.39, 0.29) is 16.8 Å². The number of hydrazone groups is 1. The summed E-state index contributed by atoms with van der Waals surface area (Å²) in [7, 11) is -6.91. The Morgan fingerprint density at radius 1 is 0.900 bits per heavy atom. The first-order valence-corrected chi connectivity index (χ1v) is 15.2. The van der Waals surface area contributed by atoms with Gasteiger partial charge in [0.05, 0.1) is 35.0 Å². The Bertz CT molecular complexity index is 1890. The van der Waals surface area contributed by atoms with E-state index in [0.717, 1.165) is 17.5 Å². The van der Waals surface area contributed by atoms with Gasteiger partial charge in [0.25, 0.3) is 11.5 Å². The monoisotopic (exact) mass is 581 g/mol. The van der Waals surface area contributed by atoms with Crippen molar-refractivity contribution >= 4 is 54.8 Å². The van der Waals surface area contributed by atoms with Crippen LogP contribution in [0.5, 0.6) is 0 Å². The molecule has 1 amide bonds. The van der Waals surface area contributed by atoms with Crippen LogP contribution in [0.25, 0.3) is 11.8 Å². The van der Waals surface area contributed by atoms with Gasteiger partial charge in [0.2, 0.25) is 20.0 Å². The maximum absolute atomic E-state index is 13.0. The molecule has 4 rings (SSSR count). The SMILES string of the molecule is Cc1[nH]n(-c2ccc(NS(C)(=O)=O)cc2)c(=O)c1/C=C/C=C1/C(=O)N(c2ccc(NS(C)(=O)=O)cc2)N=C1C#N. The smallest absolute Gasteiger partial charge is 0.281 e. The standard InChI is InChI=1S/C25H23N7O6S2/c1-16-21(24(33)31(27-16)19-11-7-17(8-12-19)29-39(2,35)36)5-4-6-22-23(15-26)28-32(25(22)34)20-13-9-18(10-14-20)30-40(3,37)38/h4-14,27,29-30H,1-3H3/b5-4+,22-6+. The number of aromatic amines is 1. The minimum Gasteiger partial charge on any atom is -0.295 e. The largest absolute Gasteiger partial charge is 0.295 e. The molecule has 1 aliphatic heterocycles. The summed E-state index contributed by atoms with van der Waals surface area (Å²) in [6, 6.07) is 14.0. The highest BCUT2D eigenvalue weighted by molar-refractivity contribution is 7.92. The minimum absolute atomic E-state index is 0.0135. The number of hydrogen-bond donors (Lipinski definition) is 3. The average molecular weight is 582 g/mol. The molecule has 15 heteroatoms. The van der Waals surface area contributed by atoms with Gasteiger partial charge in [-0.1, -0.05) is 6.08 Å². The normalized spacial score (nSPS) is 14.9. The van der Waals surface area contributed by atoms with Gasteiger partial charge in [-0.25, -0.2) is 21.5 Å². The molecule has 0 aliphatic carbocycles. The zero-order valence-electron chi connectivity index (χ0n) is 21.4. The average Bonchev–Trinajstić information content (AvgIpc) is 3.33. The van der Waals surface area contributed by atoms with Crippen LogP contribution in [0, 0.1) is 18.3 Å². The maximum atomic E-state index is 13.0. The molecule has 0 fully saturated rings. The number of allylic oxidation sites excluding steroid dienone is 2. The molecule has 0 bridgehead atoms. The van der Waals surface area contributed by atoms with Gasteiger partial charge in [-0.05, 0) is 67.6 Å². The lowest BCUT2D eigenvalue weighted by atomic mass is 10.1. The highest BCUT2D eigenvalue weighted by Crippen LogP contribution is 2.25. The fourth-order valence-electron chi connectivity index (χ4n) is 3.78. The quantitative estimate of drug-likeness (QED) is 0.340. The fourth-order valence-corrected chi connectivity index (χ4v) is 4.91. The Hall–Kier alpha value is -4.94. The zero-order chi connectivity index (χ0) is 29.2. The Morgan fingerprint density at radius 3 is 1.93 bits per heavy atom. The molecule has 1 aliphatic rings. The van der Waals surface area contributed by atoms with E-state index in [1.165, 1.54) is 59.3 Å². The van der Waals surface area contributed by atoms with Crippen LogP contribution in [0.2, 0.25) is 0 Å². The molecule has 0 radical (unpaired) electrons. The van der Waals surface area contributed by atoms with Crippen LogP contribution in [0.15, 0.2) is 76.2 Å². The number of nitrogens with one attached hydrogen (secondary N) is 3. The van der Waals surface area contributed by atoms with Gasteiger partial charge in [0.1, 0.15) is 6.07 Å². The lowest BCUT2D eigenvalue weighted by Gasteiger charge is -2.12. The number of amides is 1. The van der Waals surface area contributed by atoms with Crippen molar-refractivity contribution in [3.63, 3.8) is 0 Å².